The fraction of sp³-hybridized carbons (Fsp3) is 0.0385. The van der Waals surface area contributed by atoms with Crippen LogP contribution in [-0.4, -0.2) is 9.97 Å². The van der Waals surface area contributed by atoms with E-state index in [1.807, 2.05) is 61.5 Å². The Balaban J connectivity index is 1.80. The Labute approximate surface area is 172 Å². The van der Waals surface area contributed by atoms with Crippen molar-refractivity contribution in [3.8, 4) is 6.07 Å². The van der Waals surface area contributed by atoms with Gasteiger partial charge in [-0.1, -0.05) is 60.2 Å². The molecule has 0 amide bonds. The summed E-state index contributed by atoms with van der Waals surface area (Å²) < 4.78 is 0. The van der Waals surface area contributed by atoms with Gasteiger partial charge in [0.2, 0.25) is 0 Å². The van der Waals surface area contributed by atoms with Gasteiger partial charge in [-0.25, -0.2) is 4.98 Å². The largest absolute Gasteiger partial charge is 0.305 e. The monoisotopic (exact) mass is 387 g/mol. The average Bonchev–Trinajstić information content (AvgIpc) is 2.77. The van der Waals surface area contributed by atoms with Gasteiger partial charge in [-0.05, 0) is 58.3 Å². The molecule has 0 fully saturated rings. The third-order valence-corrected chi connectivity index (χ3v) is 5.34. The molecule has 1 aromatic heterocycles. The minimum atomic E-state index is -0.248. The number of benzene rings is 4. The van der Waals surface area contributed by atoms with Gasteiger partial charge in [-0.2, -0.15) is 5.26 Å². The molecule has 4 nitrogen and oxygen atoms in total. The first-order valence-corrected chi connectivity index (χ1v) is 9.67. The summed E-state index contributed by atoms with van der Waals surface area (Å²) in [6, 6.07) is 26.1. The maximum Gasteiger partial charge on any atom is 0.259 e. The molecular formula is C26H17N3O. The zero-order chi connectivity index (χ0) is 20.7. The molecule has 5 rings (SSSR count). The molecule has 0 unspecified atom stereocenters. The topological polar surface area (TPSA) is 69.5 Å². The van der Waals surface area contributed by atoms with Crippen molar-refractivity contribution in [2.75, 3.05) is 0 Å². The molecular weight excluding hydrogens is 370 g/mol. The van der Waals surface area contributed by atoms with Crippen molar-refractivity contribution in [3.63, 3.8) is 0 Å². The Bertz CT molecular complexity index is 1530. The molecule has 142 valence electrons. The van der Waals surface area contributed by atoms with E-state index in [-0.39, 0.29) is 11.4 Å². The molecule has 0 aliphatic rings. The lowest BCUT2D eigenvalue weighted by Gasteiger charge is -2.09. The van der Waals surface area contributed by atoms with Crippen molar-refractivity contribution in [1.29, 1.82) is 5.26 Å². The maximum absolute atomic E-state index is 12.6. The molecule has 1 N–H and O–H groups in total. The number of hydrogen-bond acceptors (Lipinski definition) is 3. The Kier molecular flexibility index (Phi) is 4.15. The highest BCUT2D eigenvalue weighted by atomic mass is 16.1. The van der Waals surface area contributed by atoms with Crippen molar-refractivity contribution in [1.82, 2.24) is 9.97 Å². The fourth-order valence-corrected chi connectivity index (χ4v) is 3.88. The zero-order valence-electron chi connectivity index (χ0n) is 16.3. The molecule has 5 aromatic rings. The molecule has 1 heterocycles. The minimum Gasteiger partial charge on any atom is -0.305 e. The van der Waals surface area contributed by atoms with E-state index in [1.165, 1.54) is 0 Å². The van der Waals surface area contributed by atoms with E-state index < -0.39 is 0 Å². The number of H-pyrrole nitrogens is 1. The molecule has 0 aliphatic carbocycles. The summed E-state index contributed by atoms with van der Waals surface area (Å²) in [6.45, 7) is 1.93. The molecule has 0 aliphatic heterocycles. The summed E-state index contributed by atoms with van der Waals surface area (Å²) in [5.74, 6) is 0.274. The number of nitriles is 1. The van der Waals surface area contributed by atoms with Gasteiger partial charge in [0, 0.05) is 0 Å². The number of aryl methyl sites for hydroxylation is 1. The van der Waals surface area contributed by atoms with Crippen molar-refractivity contribution >= 4 is 44.1 Å². The molecule has 4 aromatic carbocycles. The Morgan fingerprint density at radius 3 is 2.27 bits per heavy atom. The molecule has 0 saturated heterocycles. The van der Waals surface area contributed by atoms with Gasteiger partial charge in [0.1, 0.15) is 6.07 Å². The van der Waals surface area contributed by atoms with Crippen LogP contribution in [0.2, 0.25) is 0 Å². The third kappa shape index (κ3) is 2.94. The van der Waals surface area contributed by atoms with Crippen LogP contribution in [0.4, 0.5) is 0 Å². The van der Waals surface area contributed by atoms with Gasteiger partial charge in [0.05, 0.1) is 16.5 Å². The molecule has 0 atom stereocenters. The molecule has 0 radical (unpaired) electrons. The number of fused-ring (bicyclic) bond motifs is 3. The first kappa shape index (κ1) is 17.8. The summed E-state index contributed by atoms with van der Waals surface area (Å²) in [6.07, 6.45) is 1.82. The van der Waals surface area contributed by atoms with Crippen LogP contribution in [0.3, 0.4) is 0 Å². The van der Waals surface area contributed by atoms with E-state index in [1.54, 1.807) is 6.07 Å². The summed E-state index contributed by atoms with van der Waals surface area (Å²) in [7, 11) is 0. The Morgan fingerprint density at radius 1 is 0.933 bits per heavy atom. The number of aromatic nitrogens is 2. The van der Waals surface area contributed by atoms with Crippen LogP contribution in [0.15, 0.2) is 77.6 Å². The van der Waals surface area contributed by atoms with Crippen LogP contribution < -0.4 is 5.56 Å². The van der Waals surface area contributed by atoms with Crippen LogP contribution in [0.25, 0.3) is 44.1 Å². The van der Waals surface area contributed by atoms with Crippen LogP contribution in [0.1, 0.15) is 17.0 Å². The first-order chi connectivity index (χ1) is 14.6. The zero-order valence-corrected chi connectivity index (χ0v) is 16.3. The molecule has 0 bridgehead atoms. The van der Waals surface area contributed by atoms with Crippen LogP contribution in [-0.2, 0) is 0 Å². The van der Waals surface area contributed by atoms with Gasteiger partial charge in [0.15, 0.2) is 5.82 Å². The van der Waals surface area contributed by atoms with Crippen LogP contribution >= 0.6 is 0 Å². The molecule has 0 saturated carbocycles. The van der Waals surface area contributed by atoms with Gasteiger partial charge >= 0.3 is 0 Å². The van der Waals surface area contributed by atoms with Gasteiger partial charge in [-0.15, -0.1) is 0 Å². The summed E-state index contributed by atoms with van der Waals surface area (Å²) in [4.78, 5) is 20.0. The Morgan fingerprint density at radius 2 is 1.60 bits per heavy atom. The average molecular weight is 387 g/mol. The summed E-state index contributed by atoms with van der Waals surface area (Å²) in [5, 5.41) is 14.7. The van der Waals surface area contributed by atoms with Crippen LogP contribution in [0.5, 0.6) is 0 Å². The molecule has 30 heavy (non-hydrogen) atoms. The quantitative estimate of drug-likeness (QED) is 0.316. The number of nitrogens with one attached hydrogen (secondary N) is 1. The van der Waals surface area contributed by atoms with E-state index >= 15 is 0 Å². The number of nitrogens with zero attached hydrogens (tertiary/aromatic N) is 2. The number of rotatable bonds is 2. The van der Waals surface area contributed by atoms with Gasteiger partial charge in [0.25, 0.3) is 5.56 Å². The van der Waals surface area contributed by atoms with Gasteiger partial charge in [-0.3, -0.25) is 4.79 Å². The van der Waals surface area contributed by atoms with E-state index in [4.69, 9.17) is 0 Å². The van der Waals surface area contributed by atoms with Crippen molar-refractivity contribution in [2.45, 2.75) is 6.92 Å². The van der Waals surface area contributed by atoms with E-state index in [0.717, 1.165) is 32.7 Å². The predicted octanol–water partition coefficient (Wildman–Crippen LogP) is 5.60. The van der Waals surface area contributed by atoms with Crippen LogP contribution in [0, 0.1) is 18.3 Å². The number of aromatic amines is 1. The lowest BCUT2D eigenvalue weighted by Crippen LogP contribution is -2.11. The second kappa shape index (κ2) is 6.98. The van der Waals surface area contributed by atoms with Crippen molar-refractivity contribution < 1.29 is 0 Å². The number of allylic oxidation sites excluding steroid dienone is 1. The highest BCUT2D eigenvalue weighted by molar-refractivity contribution is 6.09. The van der Waals surface area contributed by atoms with E-state index in [2.05, 4.69) is 34.2 Å². The normalized spacial score (nSPS) is 11.8. The van der Waals surface area contributed by atoms with E-state index in [9.17, 15) is 10.1 Å². The molecule has 0 spiro atoms. The third-order valence-electron chi connectivity index (χ3n) is 5.34. The van der Waals surface area contributed by atoms with Crippen molar-refractivity contribution in [2.24, 2.45) is 0 Å². The first-order valence-electron chi connectivity index (χ1n) is 9.67. The predicted molar refractivity (Wildman–Crippen MR) is 122 cm³/mol. The maximum atomic E-state index is 12.6. The van der Waals surface area contributed by atoms with E-state index in [0.29, 0.717) is 16.5 Å². The minimum absolute atomic E-state index is 0.248. The SMILES string of the molecule is Cc1ccc2nc(C(C#N)=Cc3c4ccccc4cc4ccccc34)[nH]c(=O)c2c1. The lowest BCUT2D eigenvalue weighted by atomic mass is 9.95. The lowest BCUT2D eigenvalue weighted by molar-refractivity contribution is 1.13. The highest BCUT2D eigenvalue weighted by Gasteiger charge is 2.11. The fourth-order valence-electron chi connectivity index (χ4n) is 3.88. The summed E-state index contributed by atoms with van der Waals surface area (Å²) >= 11 is 0. The van der Waals surface area contributed by atoms with Crippen molar-refractivity contribution in [3.05, 3.63) is 100 Å². The smallest absolute Gasteiger partial charge is 0.259 e. The summed E-state index contributed by atoms with van der Waals surface area (Å²) in [5.41, 5.74) is 2.56. The molecule has 4 heteroatoms. The van der Waals surface area contributed by atoms with Gasteiger partial charge < -0.3 is 4.98 Å². The highest BCUT2D eigenvalue weighted by Crippen LogP contribution is 2.31. The number of hydrogen-bond donors (Lipinski definition) is 1. The Hall–Kier alpha value is -4.23. The second-order valence-electron chi connectivity index (χ2n) is 7.34. The second-order valence-corrected chi connectivity index (χ2v) is 7.34. The standard InChI is InChI=1S/C26H17N3O/c1-16-10-11-24-23(12-16)26(30)29-25(28-24)19(15-27)14-22-20-8-4-2-6-17(20)13-18-7-3-5-9-21(18)22/h2-14H,1H3,(H,28,29,30).